The fourth-order valence-electron chi connectivity index (χ4n) is 2.56. The highest BCUT2D eigenvalue weighted by atomic mass is 16.6. The predicted molar refractivity (Wildman–Crippen MR) is 77.8 cm³/mol. The van der Waals surface area contributed by atoms with Crippen LogP contribution in [0.5, 0.6) is 0 Å². The summed E-state index contributed by atoms with van der Waals surface area (Å²) in [6.45, 7) is 9.87. The molecule has 5 heteroatoms. The highest BCUT2D eigenvalue weighted by molar-refractivity contribution is 5.68. The summed E-state index contributed by atoms with van der Waals surface area (Å²) < 4.78 is 7.37. The number of carbonyl (C=O) groups excluding carboxylic acids is 1. The van der Waals surface area contributed by atoms with Crippen LogP contribution in [0.3, 0.4) is 0 Å². The van der Waals surface area contributed by atoms with E-state index in [2.05, 4.69) is 28.9 Å². The number of ether oxygens (including phenoxy) is 1. The third kappa shape index (κ3) is 3.52. The van der Waals surface area contributed by atoms with E-state index in [-0.39, 0.29) is 12.1 Å². The zero-order chi connectivity index (χ0) is 14.9. The average Bonchev–Trinajstić information content (AvgIpc) is 2.69. The Hall–Kier alpha value is -1.52. The third-order valence-electron chi connectivity index (χ3n) is 3.40. The van der Waals surface area contributed by atoms with Crippen molar-refractivity contribution in [1.82, 2.24) is 15.1 Å². The number of aryl methyl sites for hydroxylation is 1. The topological polar surface area (TPSA) is 56.2 Å². The largest absolute Gasteiger partial charge is 0.444 e. The summed E-state index contributed by atoms with van der Waals surface area (Å²) in [5.74, 6) is 0. The van der Waals surface area contributed by atoms with Crippen LogP contribution >= 0.6 is 0 Å². The summed E-state index contributed by atoms with van der Waals surface area (Å²) in [7, 11) is 0. The number of hydrogen-bond donors (Lipinski definition) is 1. The second-order valence-corrected chi connectivity index (χ2v) is 6.74. The van der Waals surface area contributed by atoms with Gasteiger partial charge in [-0.1, -0.05) is 0 Å². The molecule has 5 nitrogen and oxygen atoms in total. The summed E-state index contributed by atoms with van der Waals surface area (Å²) in [4.78, 5) is 11.8. The molecule has 112 valence electrons. The molecule has 0 saturated heterocycles. The minimum Gasteiger partial charge on any atom is -0.444 e. The molecule has 0 fully saturated rings. The second kappa shape index (κ2) is 5.46. The molecule has 0 radical (unpaired) electrons. The molecule has 0 bridgehead atoms. The van der Waals surface area contributed by atoms with Gasteiger partial charge in [-0.3, -0.25) is 4.68 Å². The number of rotatable bonds is 2. The van der Waals surface area contributed by atoms with E-state index >= 15 is 0 Å². The van der Waals surface area contributed by atoms with Crippen LogP contribution in [0.2, 0.25) is 0 Å². The van der Waals surface area contributed by atoms with Crippen molar-refractivity contribution < 1.29 is 9.53 Å². The zero-order valence-corrected chi connectivity index (χ0v) is 13.1. The van der Waals surface area contributed by atoms with Crippen LogP contribution in [0, 0.1) is 0 Å². The van der Waals surface area contributed by atoms with Crippen LogP contribution < -0.4 is 5.32 Å². The monoisotopic (exact) mass is 279 g/mol. The van der Waals surface area contributed by atoms with Gasteiger partial charge < -0.3 is 10.1 Å². The van der Waals surface area contributed by atoms with Gasteiger partial charge in [0.2, 0.25) is 0 Å². The zero-order valence-electron chi connectivity index (χ0n) is 13.1. The fraction of sp³-hybridized carbons (Fsp3) is 0.733. The molecule has 0 aromatic carbocycles. The molecular weight excluding hydrogens is 254 g/mol. The number of carbonyl (C=O) groups is 1. The lowest BCUT2D eigenvalue weighted by Gasteiger charge is -2.27. The molecule has 0 spiro atoms. The van der Waals surface area contributed by atoms with E-state index in [1.54, 1.807) is 0 Å². The van der Waals surface area contributed by atoms with Crippen LogP contribution in [-0.4, -0.2) is 27.5 Å². The van der Waals surface area contributed by atoms with Crippen molar-refractivity contribution in [3.63, 3.8) is 0 Å². The number of nitrogens with zero attached hydrogens (tertiary/aromatic N) is 2. The number of alkyl carbamates (subject to hydrolysis) is 1. The van der Waals surface area contributed by atoms with Crippen molar-refractivity contribution in [1.29, 1.82) is 0 Å². The second-order valence-electron chi connectivity index (χ2n) is 6.74. The van der Waals surface area contributed by atoms with Crippen molar-refractivity contribution in [2.45, 2.75) is 71.6 Å². The Labute approximate surface area is 120 Å². The summed E-state index contributed by atoms with van der Waals surface area (Å²) in [6.07, 6.45) is 4.35. The van der Waals surface area contributed by atoms with E-state index in [4.69, 9.17) is 4.74 Å². The molecule has 1 aliphatic carbocycles. The van der Waals surface area contributed by atoms with Gasteiger partial charge in [0.1, 0.15) is 5.60 Å². The first kappa shape index (κ1) is 14.9. The van der Waals surface area contributed by atoms with Gasteiger partial charge in [0.05, 0.1) is 6.20 Å². The summed E-state index contributed by atoms with van der Waals surface area (Å²) in [5, 5.41) is 7.41. The van der Waals surface area contributed by atoms with E-state index in [9.17, 15) is 4.79 Å². The molecule has 1 N–H and O–H groups in total. The highest BCUT2D eigenvalue weighted by Crippen LogP contribution is 2.23. The maximum absolute atomic E-state index is 11.8. The smallest absolute Gasteiger partial charge is 0.407 e. The van der Waals surface area contributed by atoms with Crippen LogP contribution in [0.1, 0.15) is 58.3 Å². The fourth-order valence-corrected chi connectivity index (χ4v) is 2.56. The van der Waals surface area contributed by atoms with E-state index in [1.807, 2.05) is 27.0 Å². The Morgan fingerprint density at radius 3 is 2.80 bits per heavy atom. The molecule has 20 heavy (non-hydrogen) atoms. The van der Waals surface area contributed by atoms with E-state index in [0.717, 1.165) is 19.3 Å². The van der Waals surface area contributed by atoms with Gasteiger partial charge in [0, 0.05) is 24.2 Å². The number of nitrogens with one attached hydrogen (secondary N) is 1. The summed E-state index contributed by atoms with van der Waals surface area (Å²) in [5.41, 5.74) is 2.09. The van der Waals surface area contributed by atoms with E-state index in [0.29, 0.717) is 6.04 Å². The summed E-state index contributed by atoms with van der Waals surface area (Å²) >= 11 is 0. The Balaban J connectivity index is 2.00. The van der Waals surface area contributed by atoms with Gasteiger partial charge in [0.15, 0.2) is 0 Å². The highest BCUT2D eigenvalue weighted by Gasteiger charge is 2.26. The number of aromatic nitrogens is 2. The first-order valence-corrected chi connectivity index (χ1v) is 7.31. The van der Waals surface area contributed by atoms with Crippen molar-refractivity contribution in [3.05, 3.63) is 17.5 Å². The normalized spacial score (nSPS) is 18.8. The molecule has 1 aliphatic rings. The SMILES string of the molecule is CC(C)n1ncc2c1C[C@@H](NC(=O)OC(C)(C)C)CC2. The Morgan fingerprint density at radius 2 is 2.20 bits per heavy atom. The third-order valence-corrected chi connectivity index (χ3v) is 3.40. The van der Waals surface area contributed by atoms with E-state index < -0.39 is 5.60 Å². The van der Waals surface area contributed by atoms with Gasteiger partial charge in [0.25, 0.3) is 0 Å². The first-order valence-electron chi connectivity index (χ1n) is 7.31. The molecule has 1 aromatic rings. The van der Waals surface area contributed by atoms with Crippen molar-refractivity contribution in [2.75, 3.05) is 0 Å². The van der Waals surface area contributed by atoms with Crippen LogP contribution in [0.15, 0.2) is 6.20 Å². The molecule has 1 amide bonds. The maximum Gasteiger partial charge on any atom is 0.407 e. The average molecular weight is 279 g/mol. The standard InChI is InChI=1S/C15H25N3O2/c1-10(2)18-13-8-12(7-6-11(13)9-16-18)17-14(19)20-15(3,4)5/h9-10,12H,6-8H2,1-5H3,(H,17,19)/t12-/m0/s1. The summed E-state index contributed by atoms with van der Waals surface area (Å²) in [6, 6.07) is 0.477. The van der Waals surface area contributed by atoms with Gasteiger partial charge in [-0.2, -0.15) is 5.10 Å². The molecule has 0 saturated carbocycles. The minimum atomic E-state index is -0.455. The molecular formula is C15H25N3O2. The molecule has 0 aliphatic heterocycles. The van der Waals surface area contributed by atoms with Crippen molar-refractivity contribution >= 4 is 6.09 Å². The minimum absolute atomic E-state index is 0.131. The van der Waals surface area contributed by atoms with Crippen molar-refractivity contribution in [2.24, 2.45) is 0 Å². The molecule has 1 aromatic heterocycles. The lowest BCUT2D eigenvalue weighted by molar-refractivity contribution is 0.0499. The Kier molecular flexibility index (Phi) is 4.06. The molecule has 0 unspecified atom stereocenters. The van der Waals surface area contributed by atoms with Crippen LogP contribution in [0.25, 0.3) is 0 Å². The van der Waals surface area contributed by atoms with Gasteiger partial charge in [-0.15, -0.1) is 0 Å². The number of hydrogen-bond acceptors (Lipinski definition) is 3. The van der Waals surface area contributed by atoms with Crippen LogP contribution in [-0.2, 0) is 17.6 Å². The molecule has 1 atom stereocenters. The Morgan fingerprint density at radius 1 is 1.50 bits per heavy atom. The van der Waals surface area contributed by atoms with Crippen molar-refractivity contribution in [3.8, 4) is 0 Å². The van der Waals surface area contributed by atoms with Gasteiger partial charge in [-0.25, -0.2) is 4.79 Å². The number of amides is 1. The predicted octanol–water partition coefficient (Wildman–Crippen LogP) is 2.85. The maximum atomic E-state index is 11.8. The van der Waals surface area contributed by atoms with E-state index in [1.165, 1.54) is 11.3 Å². The van der Waals surface area contributed by atoms with Gasteiger partial charge >= 0.3 is 6.09 Å². The lowest BCUT2D eigenvalue weighted by atomic mass is 9.93. The quantitative estimate of drug-likeness (QED) is 0.905. The number of fused-ring (bicyclic) bond motifs is 1. The van der Waals surface area contributed by atoms with Crippen LogP contribution in [0.4, 0.5) is 4.79 Å². The first-order chi connectivity index (χ1) is 9.26. The van der Waals surface area contributed by atoms with Gasteiger partial charge in [-0.05, 0) is 53.0 Å². The Bertz CT molecular complexity index is 486. The lowest BCUT2D eigenvalue weighted by Crippen LogP contribution is -2.42. The molecule has 2 rings (SSSR count). The molecule has 1 heterocycles.